The van der Waals surface area contributed by atoms with Crippen LogP contribution in [0.2, 0.25) is 0 Å². The van der Waals surface area contributed by atoms with Crippen LogP contribution in [0.1, 0.15) is 36.7 Å². The Morgan fingerprint density at radius 3 is 2.28 bits per heavy atom. The van der Waals surface area contributed by atoms with Gasteiger partial charge in [0, 0.05) is 29.1 Å². The number of amides is 1. The van der Waals surface area contributed by atoms with Crippen molar-refractivity contribution >= 4 is 11.6 Å². The first kappa shape index (κ1) is 21.4. The average Bonchev–Trinajstić information content (AvgIpc) is 3.32. The number of hydrogen-bond donors (Lipinski definition) is 1. The van der Waals surface area contributed by atoms with Crippen molar-refractivity contribution < 1.29 is 4.79 Å². The SMILES string of the molecule is CCCC(=O)N(Cc1ccc(-c2ccccc2-c2nn[nH]n2)cc1)c1cc(C)nc(C)c1. The second-order valence-corrected chi connectivity index (χ2v) is 7.82. The number of nitrogens with one attached hydrogen (secondary N) is 1. The molecule has 0 aliphatic rings. The lowest BCUT2D eigenvalue weighted by atomic mass is 9.98. The molecule has 2 aromatic carbocycles. The Morgan fingerprint density at radius 2 is 1.66 bits per heavy atom. The summed E-state index contributed by atoms with van der Waals surface area (Å²) in [4.78, 5) is 19.2. The maximum Gasteiger partial charge on any atom is 0.227 e. The van der Waals surface area contributed by atoms with Crippen LogP contribution in [0, 0.1) is 13.8 Å². The van der Waals surface area contributed by atoms with Gasteiger partial charge in [0.1, 0.15) is 0 Å². The Labute approximate surface area is 187 Å². The summed E-state index contributed by atoms with van der Waals surface area (Å²) in [5, 5.41) is 14.4. The van der Waals surface area contributed by atoms with Crippen molar-refractivity contribution in [3.05, 3.63) is 77.6 Å². The second-order valence-electron chi connectivity index (χ2n) is 7.82. The third-order valence-electron chi connectivity index (χ3n) is 5.26. The first-order valence-corrected chi connectivity index (χ1v) is 10.7. The second kappa shape index (κ2) is 9.51. The van der Waals surface area contributed by atoms with Gasteiger partial charge < -0.3 is 4.90 Å². The Hall–Kier alpha value is -3.87. The van der Waals surface area contributed by atoms with Gasteiger partial charge in [-0.25, -0.2) is 0 Å². The smallest absolute Gasteiger partial charge is 0.227 e. The van der Waals surface area contributed by atoms with Gasteiger partial charge in [-0.05, 0) is 54.3 Å². The molecule has 7 heteroatoms. The minimum Gasteiger partial charge on any atom is -0.308 e. The predicted molar refractivity (Wildman–Crippen MR) is 125 cm³/mol. The van der Waals surface area contributed by atoms with Crippen molar-refractivity contribution in [3.8, 4) is 22.5 Å². The van der Waals surface area contributed by atoms with Crippen molar-refractivity contribution in [2.75, 3.05) is 4.90 Å². The van der Waals surface area contributed by atoms with Crippen LogP contribution in [0.3, 0.4) is 0 Å². The molecule has 0 aliphatic heterocycles. The molecule has 0 spiro atoms. The molecule has 0 saturated carbocycles. The molecular formula is C25H26N6O. The van der Waals surface area contributed by atoms with Gasteiger partial charge in [-0.1, -0.05) is 55.5 Å². The maximum absolute atomic E-state index is 12.9. The van der Waals surface area contributed by atoms with Gasteiger partial charge in [0.2, 0.25) is 11.7 Å². The van der Waals surface area contributed by atoms with E-state index in [1.807, 2.05) is 62.1 Å². The summed E-state index contributed by atoms with van der Waals surface area (Å²) in [5.41, 5.74) is 6.75. The zero-order valence-electron chi connectivity index (χ0n) is 18.5. The number of aromatic amines is 1. The summed E-state index contributed by atoms with van der Waals surface area (Å²) in [6, 6.07) is 20.2. The van der Waals surface area contributed by atoms with Crippen LogP contribution in [-0.2, 0) is 11.3 Å². The highest BCUT2D eigenvalue weighted by atomic mass is 16.2. The summed E-state index contributed by atoms with van der Waals surface area (Å²) >= 11 is 0. The molecule has 0 radical (unpaired) electrons. The van der Waals surface area contributed by atoms with Gasteiger partial charge in [-0.15, -0.1) is 10.2 Å². The van der Waals surface area contributed by atoms with Gasteiger partial charge in [0.15, 0.2) is 0 Å². The molecule has 0 saturated heterocycles. The summed E-state index contributed by atoms with van der Waals surface area (Å²) < 4.78 is 0. The average molecular weight is 427 g/mol. The fourth-order valence-corrected chi connectivity index (χ4v) is 3.82. The summed E-state index contributed by atoms with van der Waals surface area (Å²) in [6.45, 7) is 6.44. The Bertz CT molecular complexity index is 1180. The lowest BCUT2D eigenvalue weighted by Gasteiger charge is -2.24. The van der Waals surface area contributed by atoms with E-state index in [9.17, 15) is 4.79 Å². The van der Waals surface area contributed by atoms with Crippen molar-refractivity contribution in [2.45, 2.75) is 40.2 Å². The van der Waals surface area contributed by atoms with E-state index in [0.29, 0.717) is 18.8 Å². The number of H-pyrrole nitrogens is 1. The first-order chi connectivity index (χ1) is 15.5. The number of hydrogen-bond acceptors (Lipinski definition) is 5. The molecule has 1 amide bonds. The van der Waals surface area contributed by atoms with Crippen LogP contribution >= 0.6 is 0 Å². The number of carbonyl (C=O) groups is 1. The lowest BCUT2D eigenvalue weighted by Crippen LogP contribution is -2.30. The van der Waals surface area contributed by atoms with Gasteiger partial charge in [-0.2, -0.15) is 5.21 Å². The number of nitrogens with zero attached hydrogens (tertiary/aromatic N) is 5. The van der Waals surface area contributed by atoms with E-state index in [2.05, 4.69) is 49.9 Å². The fraction of sp³-hybridized carbons (Fsp3) is 0.240. The standard InChI is InChI=1S/C25H26N6O/c1-4-7-24(32)31(21-14-17(2)26-18(3)15-21)16-19-10-12-20(13-11-19)22-8-5-6-9-23(22)25-27-29-30-28-25/h5-6,8-15H,4,7,16H2,1-3H3,(H,27,28,29,30). The van der Waals surface area contributed by atoms with Crippen molar-refractivity contribution in [1.82, 2.24) is 25.6 Å². The summed E-state index contributed by atoms with van der Waals surface area (Å²) in [6.07, 6.45) is 1.32. The van der Waals surface area contributed by atoms with Gasteiger partial charge >= 0.3 is 0 Å². The molecule has 1 N–H and O–H groups in total. The highest BCUT2D eigenvalue weighted by molar-refractivity contribution is 5.93. The number of aryl methyl sites for hydroxylation is 2. The fourth-order valence-electron chi connectivity index (χ4n) is 3.82. The van der Waals surface area contributed by atoms with E-state index in [1.165, 1.54) is 0 Å². The van der Waals surface area contributed by atoms with Gasteiger partial charge in [0.05, 0.1) is 6.54 Å². The molecule has 2 heterocycles. The molecule has 0 unspecified atom stereocenters. The zero-order chi connectivity index (χ0) is 22.5. The highest BCUT2D eigenvalue weighted by Crippen LogP contribution is 2.30. The molecule has 4 aromatic rings. The monoisotopic (exact) mass is 426 g/mol. The minimum absolute atomic E-state index is 0.115. The molecule has 7 nitrogen and oxygen atoms in total. The molecule has 162 valence electrons. The molecular weight excluding hydrogens is 400 g/mol. The number of tetrazole rings is 1. The van der Waals surface area contributed by atoms with Crippen LogP contribution in [-0.4, -0.2) is 31.5 Å². The number of rotatable bonds is 7. The molecule has 0 bridgehead atoms. The van der Waals surface area contributed by atoms with Crippen LogP contribution < -0.4 is 4.90 Å². The molecule has 32 heavy (non-hydrogen) atoms. The van der Waals surface area contributed by atoms with E-state index in [1.54, 1.807) is 0 Å². The number of benzene rings is 2. The molecule has 0 aliphatic carbocycles. The van der Waals surface area contributed by atoms with Crippen molar-refractivity contribution in [3.63, 3.8) is 0 Å². The largest absolute Gasteiger partial charge is 0.308 e. The zero-order valence-corrected chi connectivity index (χ0v) is 18.5. The topological polar surface area (TPSA) is 87.7 Å². The van der Waals surface area contributed by atoms with Crippen LogP contribution in [0.4, 0.5) is 5.69 Å². The molecule has 4 rings (SSSR count). The normalized spacial score (nSPS) is 10.8. The summed E-state index contributed by atoms with van der Waals surface area (Å²) in [7, 11) is 0. The van der Waals surface area contributed by atoms with Gasteiger partial charge in [0.25, 0.3) is 0 Å². The predicted octanol–water partition coefficient (Wildman–Crippen LogP) is 4.88. The summed E-state index contributed by atoms with van der Waals surface area (Å²) in [5.74, 6) is 0.675. The Morgan fingerprint density at radius 1 is 0.969 bits per heavy atom. The van der Waals surface area contributed by atoms with E-state index in [4.69, 9.17) is 0 Å². The number of anilines is 1. The third kappa shape index (κ3) is 4.72. The first-order valence-electron chi connectivity index (χ1n) is 10.7. The van der Waals surface area contributed by atoms with Crippen LogP contribution in [0.5, 0.6) is 0 Å². The lowest BCUT2D eigenvalue weighted by molar-refractivity contribution is -0.118. The van der Waals surface area contributed by atoms with Gasteiger partial charge in [-0.3, -0.25) is 9.78 Å². The molecule has 2 aromatic heterocycles. The number of pyridine rings is 1. The van der Waals surface area contributed by atoms with Crippen LogP contribution in [0.25, 0.3) is 22.5 Å². The minimum atomic E-state index is 0.115. The van der Waals surface area contributed by atoms with Crippen LogP contribution in [0.15, 0.2) is 60.7 Å². The molecule has 0 atom stereocenters. The maximum atomic E-state index is 12.9. The van der Waals surface area contributed by atoms with Crippen molar-refractivity contribution in [1.29, 1.82) is 0 Å². The quantitative estimate of drug-likeness (QED) is 0.455. The Balaban J connectivity index is 1.63. The van der Waals surface area contributed by atoms with Crippen molar-refractivity contribution in [2.24, 2.45) is 0 Å². The number of aromatic nitrogens is 5. The third-order valence-corrected chi connectivity index (χ3v) is 5.26. The van der Waals surface area contributed by atoms with E-state index in [0.717, 1.165) is 45.7 Å². The highest BCUT2D eigenvalue weighted by Gasteiger charge is 2.17. The van der Waals surface area contributed by atoms with E-state index < -0.39 is 0 Å². The Kier molecular flexibility index (Phi) is 6.35. The molecule has 0 fully saturated rings. The number of carbonyl (C=O) groups excluding carboxylic acids is 1. The van der Waals surface area contributed by atoms with E-state index in [-0.39, 0.29) is 5.91 Å². The van der Waals surface area contributed by atoms with E-state index >= 15 is 0 Å².